The Morgan fingerprint density at radius 2 is 2.29 bits per heavy atom. The summed E-state index contributed by atoms with van der Waals surface area (Å²) in [4.78, 5) is 11.3. The molecule has 0 fully saturated rings. The second kappa shape index (κ2) is 4.72. The summed E-state index contributed by atoms with van der Waals surface area (Å²) in [5.74, 6) is -1.01. The van der Waals surface area contributed by atoms with E-state index in [1.807, 2.05) is 0 Å². The van der Waals surface area contributed by atoms with E-state index in [4.69, 9.17) is 10.5 Å². The Morgan fingerprint density at radius 1 is 1.57 bits per heavy atom. The van der Waals surface area contributed by atoms with E-state index in [0.717, 1.165) is 0 Å². The van der Waals surface area contributed by atoms with Gasteiger partial charge in [0, 0.05) is 12.1 Å². The molecule has 0 saturated heterocycles. The van der Waals surface area contributed by atoms with E-state index in [1.54, 1.807) is 6.92 Å². The highest BCUT2D eigenvalue weighted by Crippen LogP contribution is 2.13. The smallest absolute Gasteiger partial charge is 0.338 e. The summed E-state index contributed by atoms with van der Waals surface area (Å²) in [6, 6.07) is 4.23. The molecule has 0 aliphatic carbocycles. The summed E-state index contributed by atoms with van der Waals surface area (Å²) < 4.78 is 17.9. The van der Waals surface area contributed by atoms with Crippen molar-refractivity contribution < 1.29 is 13.9 Å². The molecule has 0 amide bonds. The molecule has 2 N–H and O–H groups in total. The lowest BCUT2D eigenvalue weighted by Gasteiger charge is -2.07. The molecule has 0 bridgehead atoms. The predicted octanol–water partition coefficient (Wildman–Crippen LogP) is 1.46. The lowest BCUT2D eigenvalue weighted by molar-refractivity contribution is 0.0524. The van der Waals surface area contributed by atoms with Gasteiger partial charge in [-0.2, -0.15) is 0 Å². The highest BCUT2D eigenvalue weighted by molar-refractivity contribution is 5.91. The second-order valence-corrected chi connectivity index (χ2v) is 2.69. The molecule has 0 aliphatic rings. The number of ether oxygens (including phenoxy) is 1. The van der Waals surface area contributed by atoms with Gasteiger partial charge in [-0.3, -0.25) is 0 Å². The minimum Gasteiger partial charge on any atom is -0.462 e. The van der Waals surface area contributed by atoms with E-state index in [1.165, 1.54) is 18.2 Å². The van der Waals surface area contributed by atoms with Gasteiger partial charge in [0.1, 0.15) is 5.82 Å². The maximum Gasteiger partial charge on any atom is 0.338 e. The molecule has 0 aromatic heterocycles. The molecule has 14 heavy (non-hydrogen) atoms. The predicted molar refractivity (Wildman–Crippen MR) is 50.2 cm³/mol. The van der Waals surface area contributed by atoms with Crippen LogP contribution >= 0.6 is 0 Å². The van der Waals surface area contributed by atoms with E-state index in [2.05, 4.69) is 0 Å². The molecular weight excluding hydrogens is 185 g/mol. The molecule has 0 atom stereocenters. The number of carbonyl (C=O) groups excluding carboxylic acids is 1. The first-order chi connectivity index (χ1) is 6.70. The molecule has 0 heterocycles. The molecule has 76 valence electrons. The Bertz CT molecular complexity index is 339. The summed E-state index contributed by atoms with van der Waals surface area (Å²) in [6.45, 7) is 1.94. The number of carbonyl (C=O) groups is 1. The average molecular weight is 197 g/mol. The van der Waals surface area contributed by atoms with Crippen LogP contribution in [0, 0.1) is 5.82 Å². The fraction of sp³-hybridized carbons (Fsp3) is 0.300. The largest absolute Gasteiger partial charge is 0.462 e. The van der Waals surface area contributed by atoms with Gasteiger partial charge in [0.25, 0.3) is 0 Å². The zero-order valence-corrected chi connectivity index (χ0v) is 7.92. The maximum atomic E-state index is 13.2. The van der Waals surface area contributed by atoms with Gasteiger partial charge in [-0.05, 0) is 19.1 Å². The minimum atomic E-state index is -0.535. The number of rotatable bonds is 3. The molecular formula is C10H12FNO2. The van der Waals surface area contributed by atoms with Crippen molar-refractivity contribution in [2.75, 3.05) is 6.61 Å². The zero-order chi connectivity index (χ0) is 10.6. The summed E-state index contributed by atoms with van der Waals surface area (Å²) >= 11 is 0. The molecule has 0 aliphatic heterocycles. The van der Waals surface area contributed by atoms with E-state index in [9.17, 15) is 9.18 Å². The number of nitrogens with two attached hydrogens (primary N) is 1. The first-order valence-electron chi connectivity index (χ1n) is 4.35. The SMILES string of the molecule is CCOC(=O)c1cccc(F)c1CN. The number of hydrogen-bond donors (Lipinski definition) is 1. The maximum absolute atomic E-state index is 13.2. The van der Waals surface area contributed by atoms with Crippen LogP contribution in [0.5, 0.6) is 0 Å². The van der Waals surface area contributed by atoms with Gasteiger partial charge in [-0.15, -0.1) is 0 Å². The van der Waals surface area contributed by atoms with Crippen LogP contribution in [0.15, 0.2) is 18.2 Å². The van der Waals surface area contributed by atoms with Crippen molar-refractivity contribution in [3.8, 4) is 0 Å². The fourth-order valence-corrected chi connectivity index (χ4v) is 1.17. The molecule has 1 rings (SSSR count). The van der Waals surface area contributed by atoms with E-state index >= 15 is 0 Å². The number of esters is 1. The third-order valence-corrected chi connectivity index (χ3v) is 1.82. The monoisotopic (exact) mass is 197 g/mol. The Morgan fingerprint density at radius 3 is 2.86 bits per heavy atom. The number of benzene rings is 1. The lowest BCUT2D eigenvalue weighted by atomic mass is 10.1. The third-order valence-electron chi connectivity index (χ3n) is 1.82. The molecule has 1 aromatic carbocycles. The van der Waals surface area contributed by atoms with Crippen molar-refractivity contribution in [1.29, 1.82) is 0 Å². The number of halogens is 1. The first kappa shape index (κ1) is 10.7. The van der Waals surface area contributed by atoms with Crippen LogP contribution in [-0.2, 0) is 11.3 Å². The highest BCUT2D eigenvalue weighted by atomic mass is 19.1. The topological polar surface area (TPSA) is 52.3 Å². The van der Waals surface area contributed by atoms with Gasteiger partial charge in [0.2, 0.25) is 0 Å². The Balaban J connectivity index is 3.07. The Labute approximate surface area is 81.7 Å². The van der Waals surface area contributed by atoms with E-state index < -0.39 is 11.8 Å². The van der Waals surface area contributed by atoms with Crippen LogP contribution in [0.25, 0.3) is 0 Å². The summed E-state index contributed by atoms with van der Waals surface area (Å²) in [7, 11) is 0. The van der Waals surface area contributed by atoms with Gasteiger partial charge in [0.05, 0.1) is 12.2 Å². The summed E-state index contributed by atoms with van der Waals surface area (Å²) in [5, 5.41) is 0. The first-order valence-corrected chi connectivity index (χ1v) is 4.35. The number of hydrogen-bond acceptors (Lipinski definition) is 3. The van der Waals surface area contributed by atoms with Gasteiger partial charge in [-0.25, -0.2) is 9.18 Å². The molecule has 0 unspecified atom stereocenters. The minimum absolute atomic E-state index is 0.0131. The van der Waals surface area contributed by atoms with Gasteiger partial charge in [-0.1, -0.05) is 6.07 Å². The van der Waals surface area contributed by atoms with Crippen LogP contribution in [-0.4, -0.2) is 12.6 Å². The highest BCUT2D eigenvalue weighted by Gasteiger charge is 2.14. The van der Waals surface area contributed by atoms with Gasteiger partial charge in [0.15, 0.2) is 0 Å². The van der Waals surface area contributed by atoms with Crippen LogP contribution in [0.3, 0.4) is 0 Å². The van der Waals surface area contributed by atoms with Crippen molar-refractivity contribution in [3.63, 3.8) is 0 Å². The van der Waals surface area contributed by atoms with Crippen molar-refractivity contribution in [2.24, 2.45) is 5.73 Å². The van der Waals surface area contributed by atoms with E-state index in [-0.39, 0.29) is 24.3 Å². The van der Waals surface area contributed by atoms with Crippen LogP contribution in [0.4, 0.5) is 4.39 Å². The molecule has 4 heteroatoms. The lowest BCUT2D eigenvalue weighted by Crippen LogP contribution is -2.12. The Hall–Kier alpha value is -1.42. The van der Waals surface area contributed by atoms with Crippen LogP contribution in [0.1, 0.15) is 22.8 Å². The average Bonchev–Trinajstić information content (AvgIpc) is 2.17. The van der Waals surface area contributed by atoms with E-state index in [0.29, 0.717) is 0 Å². The molecule has 0 spiro atoms. The molecule has 0 radical (unpaired) electrons. The van der Waals surface area contributed by atoms with Crippen LogP contribution in [0.2, 0.25) is 0 Å². The molecule has 0 saturated carbocycles. The van der Waals surface area contributed by atoms with Crippen molar-refractivity contribution in [1.82, 2.24) is 0 Å². The Kier molecular flexibility index (Phi) is 3.59. The van der Waals surface area contributed by atoms with Gasteiger partial charge < -0.3 is 10.5 Å². The normalized spacial score (nSPS) is 9.93. The molecule has 3 nitrogen and oxygen atoms in total. The quantitative estimate of drug-likeness (QED) is 0.746. The van der Waals surface area contributed by atoms with Gasteiger partial charge >= 0.3 is 5.97 Å². The third kappa shape index (κ3) is 2.09. The molecule has 1 aromatic rings. The van der Waals surface area contributed by atoms with Crippen molar-refractivity contribution in [3.05, 3.63) is 35.1 Å². The standard InChI is InChI=1S/C10H12FNO2/c1-2-14-10(13)7-4-3-5-9(11)8(7)6-12/h3-5H,2,6,12H2,1H3. The van der Waals surface area contributed by atoms with Crippen LogP contribution < -0.4 is 5.73 Å². The summed E-state index contributed by atoms with van der Waals surface area (Å²) in [5.41, 5.74) is 5.74. The summed E-state index contributed by atoms with van der Waals surface area (Å²) in [6.07, 6.45) is 0. The zero-order valence-electron chi connectivity index (χ0n) is 7.92. The second-order valence-electron chi connectivity index (χ2n) is 2.69. The van der Waals surface area contributed by atoms with Crippen molar-refractivity contribution >= 4 is 5.97 Å². The fourth-order valence-electron chi connectivity index (χ4n) is 1.17. The van der Waals surface area contributed by atoms with Crippen molar-refractivity contribution in [2.45, 2.75) is 13.5 Å².